The molecule has 1 saturated carbocycles. The third kappa shape index (κ3) is 4.22. The zero-order valence-electron chi connectivity index (χ0n) is 10.4. The minimum Gasteiger partial charge on any atom is -0.366 e. The molecular weight excluding hydrogens is 266 g/mol. The van der Waals surface area contributed by atoms with E-state index in [-0.39, 0.29) is 16.5 Å². The smallest absolute Gasteiger partial charge is 0.250 e. The van der Waals surface area contributed by atoms with Crippen LogP contribution in [-0.4, -0.2) is 24.4 Å². The van der Waals surface area contributed by atoms with E-state index in [2.05, 4.69) is 10.6 Å². The molecule has 0 spiro atoms. The van der Waals surface area contributed by atoms with Crippen molar-refractivity contribution in [2.75, 3.05) is 11.9 Å². The Bertz CT molecular complexity index is 501. The SMILES string of the molecule is NC(=O)c1cc(NC(=O)CCNC2CC2)ccc1Cl. The van der Waals surface area contributed by atoms with Crippen LogP contribution in [0.1, 0.15) is 29.6 Å². The second-order valence-corrected chi connectivity index (χ2v) is 4.99. The highest BCUT2D eigenvalue weighted by Gasteiger charge is 2.20. The number of carbonyl (C=O) groups excluding carboxylic acids is 2. The molecule has 102 valence electrons. The number of amides is 2. The number of hydrogen-bond acceptors (Lipinski definition) is 3. The molecule has 0 atom stereocenters. The van der Waals surface area contributed by atoms with Crippen molar-refractivity contribution in [3.63, 3.8) is 0 Å². The third-order valence-corrected chi connectivity index (χ3v) is 3.21. The lowest BCUT2D eigenvalue weighted by atomic mass is 10.2. The molecule has 0 aliphatic heterocycles. The average Bonchev–Trinajstić information content (AvgIpc) is 3.15. The van der Waals surface area contributed by atoms with Crippen molar-refractivity contribution in [3.05, 3.63) is 28.8 Å². The zero-order valence-corrected chi connectivity index (χ0v) is 11.2. The molecular formula is C13H16ClN3O2. The molecule has 0 saturated heterocycles. The molecule has 1 aromatic rings. The van der Waals surface area contributed by atoms with E-state index in [4.69, 9.17) is 17.3 Å². The molecule has 2 rings (SSSR count). The van der Waals surface area contributed by atoms with Crippen LogP contribution in [0.2, 0.25) is 5.02 Å². The monoisotopic (exact) mass is 281 g/mol. The van der Waals surface area contributed by atoms with Crippen molar-refractivity contribution in [2.45, 2.75) is 25.3 Å². The van der Waals surface area contributed by atoms with E-state index in [1.54, 1.807) is 12.1 Å². The standard InChI is InChI=1S/C13H16ClN3O2/c14-11-4-3-9(7-10(11)13(15)19)17-12(18)5-6-16-8-1-2-8/h3-4,7-8,16H,1-2,5-6H2,(H2,15,19)(H,17,18). The van der Waals surface area contributed by atoms with Gasteiger partial charge in [0.15, 0.2) is 0 Å². The topological polar surface area (TPSA) is 84.2 Å². The second-order valence-electron chi connectivity index (χ2n) is 4.59. The Hall–Kier alpha value is -1.59. The summed E-state index contributed by atoms with van der Waals surface area (Å²) in [6, 6.07) is 5.25. The minimum absolute atomic E-state index is 0.106. The maximum absolute atomic E-state index is 11.7. The largest absolute Gasteiger partial charge is 0.366 e. The molecule has 5 nitrogen and oxygen atoms in total. The van der Waals surface area contributed by atoms with E-state index in [0.717, 1.165) is 0 Å². The molecule has 1 aromatic carbocycles. The molecule has 0 bridgehead atoms. The van der Waals surface area contributed by atoms with Gasteiger partial charge in [0.2, 0.25) is 11.8 Å². The predicted molar refractivity (Wildman–Crippen MR) is 74.2 cm³/mol. The zero-order chi connectivity index (χ0) is 13.8. The number of primary amides is 1. The molecule has 0 unspecified atom stereocenters. The number of rotatable bonds is 6. The fraction of sp³-hybridized carbons (Fsp3) is 0.385. The van der Waals surface area contributed by atoms with Gasteiger partial charge in [-0.05, 0) is 31.0 Å². The highest BCUT2D eigenvalue weighted by Crippen LogP contribution is 2.20. The van der Waals surface area contributed by atoms with Gasteiger partial charge in [0.1, 0.15) is 0 Å². The van der Waals surface area contributed by atoms with Crippen LogP contribution in [-0.2, 0) is 4.79 Å². The van der Waals surface area contributed by atoms with E-state index in [9.17, 15) is 9.59 Å². The second kappa shape index (κ2) is 6.04. The average molecular weight is 282 g/mol. The lowest BCUT2D eigenvalue weighted by Crippen LogP contribution is -2.23. The highest BCUT2D eigenvalue weighted by molar-refractivity contribution is 6.33. The molecule has 1 aliphatic carbocycles. The van der Waals surface area contributed by atoms with Crippen LogP contribution in [0.25, 0.3) is 0 Å². The molecule has 2 amide bonds. The van der Waals surface area contributed by atoms with E-state index in [1.807, 2.05) is 0 Å². The Labute approximate surface area is 116 Å². The number of halogens is 1. The Morgan fingerprint density at radius 2 is 2.11 bits per heavy atom. The normalized spacial score (nSPS) is 14.2. The summed E-state index contributed by atoms with van der Waals surface area (Å²) in [4.78, 5) is 22.8. The Morgan fingerprint density at radius 1 is 1.37 bits per heavy atom. The lowest BCUT2D eigenvalue weighted by molar-refractivity contribution is -0.116. The number of carbonyl (C=O) groups is 2. The van der Waals surface area contributed by atoms with E-state index in [1.165, 1.54) is 18.9 Å². The summed E-state index contributed by atoms with van der Waals surface area (Å²) in [5.41, 5.74) is 5.92. The Kier molecular flexibility index (Phi) is 4.39. The summed E-state index contributed by atoms with van der Waals surface area (Å²) in [6.07, 6.45) is 2.78. The molecule has 6 heteroatoms. The van der Waals surface area contributed by atoms with Crippen molar-refractivity contribution < 1.29 is 9.59 Å². The van der Waals surface area contributed by atoms with Gasteiger partial charge in [-0.2, -0.15) is 0 Å². The van der Waals surface area contributed by atoms with E-state index in [0.29, 0.717) is 24.7 Å². The van der Waals surface area contributed by atoms with Gasteiger partial charge in [0.25, 0.3) is 0 Å². The molecule has 0 radical (unpaired) electrons. The van der Waals surface area contributed by atoms with E-state index < -0.39 is 5.91 Å². The molecule has 1 fully saturated rings. The maximum Gasteiger partial charge on any atom is 0.250 e. The van der Waals surface area contributed by atoms with Crippen LogP contribution < -0.4 is 16.4 Å². The first-order valence-electron chi connectivity index (χ1n) is 6.19. The Balaban J connectivity index is 1.88. The summed E-state index contributed by atoms with van der Waals surface area (Å²) >= 11 is 5.83. The Morgan fingerprint density at radius 3 is 2.74 bits per heavy atom. The summed E-state index contributed by atoms with van der Waals surface area (Å²) in [5.74, 6) is -0.720. The fourth-order valence-corrected chi connectivity index (χ4v) is 1.90. The summed E-state index contributed by atoms with van der Waals surface area (Å²) in [5, 5.41) is 6.25. The van der Waals surface area contributed by atoms with Gasteiger partial charge in [-0.15, -0.1) is 0 Å². The first kappa shape index (κ1) is 13.8. The van der Waals surface area contributed by atoms with Gasteiger partial charge in [0.05, 0.1) is 10.6 Å². The van der Waals surface area contributed by atoms with Crippen molar-refractivity contribution in [2.24, 2.45) is 5.73 Å². The van der Waals surface area contributed by atoms with Crippen LogP contribution in [0.3, 0.4) is 0 Å². The highest BCUT2D eigenvalue weighted by atomic mass is 35.5. The van der Waals surface area contributed by atoms with Gasteiger partial charge in [-0.1, -0.05) is 11.6 Å². The lowest BCUT2D eigenvalue weighted by Gasteiger charge is -2.08. The van der Waals surface area contributed by atoms with Crippen molar-refractivity contribution in [1.29, 1.82) is 0 Å². The summed E-state index contributed by atoms with van der Waals surface area (Å²) in [7, 11) is 0. The number of nitrogens with one attached hydrogen (secondary N) is 2. The number of anilines is 1. The van der Waals surface area contributed by atoms with Gasteiger partial charge >= 0.3 is 0 Å². The maximum atomic E-state index is 11.7. The van der Waals surface area contributed by atoms with Gasteiger partial charge in [-0.25, -0.2) is 0 Å². The van der Waals surface area contributed by atoms with E-state index >= 15 is 0 Å². The predicted octanol–water partition coefficient (Wildman–Crippen LogP) is 1.52. The van der Waals surface area contributed by atoms with Gasteiger partial charge < -0.3 is 16.4 Å². The third-order valence-electron chi connectivity index (χ3n) is 2.88. The molecule has 0 aromatic heterocycles. The number of nitrogens with two attached hydrogens (primary N) is 1. The van der Waals surface area contributed by atoms with Crippen LogP contribution in [0, 0.1) is 0 Å². The van der Waals surface area contributed by atoms with Crippen molar-refractivity contribution in [1.82, 2.24) is 5.32 Å². The number of benzene rings is 1. The van der Waals surface area contributed by atoms with Crippen molar-refractivity contribution in [3.8, 4) is 0 Å². The quantitative estimate of drug-likeness (QED) is 0.739. The molecule has 1 aliphatic rings. The fourth-order valence-electron chi connectivity index (χ4n) is 1.69. The summed E-state index contributed by atoms with van der Waals surface area (Å²) < 4.78 is 0. The number of hydrogen-bond donors (Lipinski definition) is 3. The minimum atomic E-state index is -0.614. The van der Waals surface area contributed by atoms with Crippen LogP contribution in [0.5, 0.6) is 0 Å². The molecule has 0 heterocycles. The van der Waals surface area contributed by atoms with Crippen LogP contribution >= 0.6 is 11.6 Å². The first-order chi connectivity index (χ1) is 9.06. The molecule has 4 N–H and O–H groups in total. The summed E-state index contributed by atoms with van der Waals surface area (Å²) in [6.45, 7) is 0.659. The molecule has 19 heavy (non-hydrogen) atoms. The van der Waals surface area contributed by atoms with Crippen LogP contribution in [0.4, 0.5) is 5.69 Å². The van der Waals surface area contributed by atoms with Gasteiger partial charge in [0, 0.05) is 24.7 Å². The van der Waals surface area contributed by atoms with Gasteiger partial charge in [-0.3, -0.25) is 9.59 Å². The first-order valence-corrected chi connectivity index (χ1v) is 6.56. The van der Waals surface area contributed by atoms with Crippen molar-refractivity contribution >= 4 is 29.1 Å². The van der Waals surface area contributed by atoms with Crippen LogP contribution in [0.15, 0.2) is 18.2 Å².